The maximum atomic E-state index is 12.5. The lowest BCUT2D eigenvalue weighted by Crippen LogP contribution is -2.35. The topological polar surface area (TPSA) is 64.4 Å². The van der Waals surface area contributed by atoms with Crippen LogP contribution >= 0.6 is 0 Å². The molecule has 0 N–H and O–H groups in total. The van der Waals surface area contributed by atoms with E-state index in [1.54, 1.807) is 18.0 Å². The van der Waals surface area contributed by atoms with Gasteiger partial charge in [0.25, 0.3) is 5.56 Å². The van der Waals surface area contributed by atoms with Gasteiger partial charge in [0, 0.05) is 25.2 Å². The number of amides is 1. The Morgan fingerprint density at radius 1 is 1.00 bits per heavy atom. The standard InChI is InChI=1S/C22H23N3O3/c1-24(15-8-16-28-19-11-6-3-7-12-19)22(27)17-25-21(26)14-13-20(23-25)18-9-4-2-5-10-18/h2-7,9-14H,8,15-17H2,1H3. The Morgan fingerprint density at radius 3 is 2.39 bits per heavy atom. The molecule has 0 saturated carbocycles. The van der Waals surface area contributed by atoms with Crippen molar-refractivity contribution in [2.75, 3.05) is 20.2 Å². The van der Waals surface area contributed by atoms with E-state index in [2.05, 4.69) is 5.10 Å². The van der Waals surface area contributed by atoms with Gasteiger partial charge in [-0.25, -0.2) is 4.68 Å². The van der Waals surface area contributed by atoms with Gasteiger partial charge in [0.1, 0.15) is 12.3 Å². The summed E-state index contributed by atoms with van der Waals surface area (Å²) >= 11 is 0. The summed E-state index contributed by atoms with van der Waals surface area (Å²) < 4.78 is 6.84. The van der Waals surface area contributed by atoms with Gasteiger partial charge in [-0.3, -0.25) is 9.59 Å². The molecule has 1 amide bonds. The lowest BCUT2D eigenvalue weighted by molar-refractivity contribution is -0.130. The minimum atomic E-state index is -0.297. The smallest absolute Gasteiger partial charge is 0.267 e. The fraction of sp³-hybridized carbons (Fsp3) is 0.227. The van der Waals surface area contributed by atoms with Crippen LogP contribution in [0.5, 0.6) is 5.75 Å². The second-order valence-electron chi connectivity index (χ2n) is 6.41. The molecule has 3 aromatic rings. The number of likely N-dealkylation sites (N-methyl/N-ethyl adjacent to an activating group) is 1. The fourth-order valence-corrected chi connectivity index (χ4v) is 2.71. The molecule has 3 rings (SSSR count). The lowest BCUT2D eigenvalue weighted by Gasteiger charge is -2.17. The van der Waals surface area contributed by atoms with E-state index in [1.165, 1.54) is 10.7 Å². The van der Waals surface area contributed by atoms with Crippen LogP contribution in [0.25, 0.3) is 11.3 Å². The number of hydrogen-bond acceptors (Lipinski definition) is 4. The van der Waals surface area contributed by atoms with Crippen molar-refractivity contribution in [3.63, 3.8) is 0 Å². The van der Waals surface area contributed by atoms with Gasteiger partial charge in [-0.2, -0.15) is 5.10 Å². The van der Waals surface area contributed by atoms with Crippen molar-refractivity contribution in [3.05, 3.63) is 83.2 Å². The Kier molecular flexibility index (Phi) is 6.57. The normalized spacial score (nSPS) is 10.5. The molecule has 0 spiro atoms. The lowest BCUT2D eigenvalue weighted by atomic mass is 10.1. The number of aromatic nitrogens is 2. The van der Waals surface area contributed by atoms with Crippen LogP contribution in [0.4, 0.5) is 0 Å². The Morgan fingerprint density at radius 2 is 1.68 bits per heavy atom. The van der Waals surface area contributed by atoms with Crippen LogP contribution < -0.4 is 10.3 Å². The van der Waals surface area contributed by atoms with Crippen molar-refractivity contribution < 1.29 is 9.53 Å². The van der Waals surface area contributed by atoms with Crippen LogP contribution in [0.1, 0.15) is 6.42 Å². The third kappa shape index (κ3) is 5.30. The average Bonchev–Trinajstić information content (AvgIpc) is 2.74. The molecule has 1 aromatic heterocycles. The summed E-state index contributed by atoms with van der Waals surface area (Å²) in [5, 5.41) is 4.33. The van der Waals surface area contributed by atoms with Crippen LogP contribution in [0.3, 0.4) is 0 Å². The molecule has 0 unspecified atom stereocenters. The van der Waals surface area contributed by atoms with E-state index < -0.39 is 0 Å². The van der Waals surface area contributed by atoms with Crippen molar-refractivity contribution in [3.8, 4) is 17.0 Å². The molecular weight excluding hydrogens is 354 g/mol. The highest BCUT2D eigenvalue weighted by Gasteiger charge is 2.12. The molecule has 0 aliphatic rings. The summed E-state index contributed by atoms with van der Waals surface area (Å²) in [6.07, 6.45) is 0.698. The minimum absolute atomic E-state index is 0.0877. The van der Waals surface area contributed by atoms with Crippen LogP contribution in [0, 0.1) is 0 Å². The summed E-state index contributed by atoms with van der Waals surface area (Å²) in [6.45, 7) is 0.970. The van der Waals surface area contributed by atoms with Crippen molar-refractivity contribution in [1.29, 1.82) is 0 Å². The largest absolute Gasteiger partial charge is 0.494 e. The number of benzene rings is 2. The van der Waals surface area contributed by atoms with E-state index in [0.29, 0.717) is 25.3 Å². The molecule has 6 nitrogen and oxygen atoms in total. The molecule has 0 aliphatic heterocycles. The zero-order valence-electron chi connectivity index (χ0n) is 15.8. The maximum Gasteiger partial charge on any atom is 0.267 e. The first-order chi connectivity index (χ1) is 13.6. The first-order valence-corrected chi connectivity index (χ1v) is 9.19. The Bertz CT molecular complexity index is 956. The van der Waals surface area contributed by atoms with Gasteiger partial charge in [-0.05, 0) is 24.6 Å². The highest BCUT2D eigenvalue weighted by molar-refractivity contribution is 5.75. The van der Waals surface area contributed by atoms with E-state index in [-0.39, 0.29) is 18.0 Å². The number of para-hydroxylation sites is 1. The van der Waals surface area contributed by atoms with Crippen molar-refractivity contribution in [1.82, 2.24) is 14.7 Å². The van der Waals surface area contributed by atoms with Gasteiger partial charge in [0.15, 0.2) is 0 Å². The number of hydrogen-bond donors (Lipinski definition) is 0. The number of ether oxygens (including phenoxy) is 1. The van der Waals surface area contributed by atoms with E-state index in [1.807, 2.05) is 60.7 Å². The molecule has 2 aromatic carbocycles. The zero-order chi connectivity index (χ0) is 19.8. The Balaban J connectivity index is 1.54. The van der Waals surface area contributed by atoms with Gasteiger partial charge in [0.05, 0.1) is 12.3 Å². The summed E-state index contributed by atoms with van der Waals surface area (Å²) in [4.78, 5) is 26.1. The van der Waals surface area contributed by atoms with E-state index >= 15 is 0 Å². The van der Waals surface area contributed by atoms with Crippen LogP contribution in [0.2, 0.25) is 0 Å². The van der Waals surface area contributed by atoms with Crippen molar-refractivity contribution >= 4 is 5.91 Å². The first kappa shape index (κ1) is 19.4. The average molecular weight is 377 g/mol. The summed E-state index contributed by atoms with van der Waals surface area (Å²) in [7, 11) is 1.72. The van der Waals surface area contributed by atoms with Crippen LogP contribution in [-0.4, -0.2) is 40.8 Å². The summed E-state index contributed by atoms with van der Waals surface area (Å²) in [6, 6.07) is 22.2. The van der Waals surface area contributed by atoms with E-state index in [4.69, 9.17) is 4.74 Å². The Hall–Kier alpha value is -3.41. The van der Waals surface area contributed by atoms with Gasteiger partial charge in [0.2, 0.25) is 5.91 Å². The van der Waals surface area contributed by atoms with E-state index in [0.717, 1.165) is 11.3 Å². The quantitative estimate of drug-likeness (QED) is 0.566. The predicted molar refractivity (Wildman–Crippen MR) is 108 cm³/mol. The van der Waals surface area contributed by atoms with Gasteiger partial charge in [-0.15, -0.1) is 0 Å². The molecule has 0 saturated heterocycles. The van der Waals surface area contributed by atoms with Gasteiger partial charge < -0.3 is 9.64 Å². The maximum absolute atomic E-state index is 12.5. The Labute approximate surface area is 164 Å². The molecule has 0 radical (unpaired) electrons. The molecule has 0 atom stereocenters. The molecule has 1 heterocycles. The van der Waals surface area contributed by atoms with Gasteiger partial charge in [-0.1, -0.05) is 48.5 Å². The van der Waals surface area contributed by atoms with Crippen LogP contribution in [0.15, 0.2) is 77.6 Å². The van der Waals surface area contributed by atoms with E-state index in [9.17, 15) is 9.59 Å². The molecule has 28 heavy (non-hydrogen) atoms. The monoisotopic (exact) mass is 377 g/mol. The fourth-order valence-electron chi connectivity index (χ4n) is 2.71. The third-order valence-corrected chi connectivity index (χ3v) is 4.30. The second-order valence-corrected chi connectivity index (χ2v) is 6.41. The summed E-state index contributed by atoms with van der Waals surface area (Å²) in [5.74, 6) is 0.643. The number of nitrogens with zero attached hydrogens (tertiary/aromatic N) is 3. The van der Waals surface area contributed by atoms with Crippen molar-refractivity contribution in [2.24, 2.45) is 0 Å². The molecule has 0 aliphatic carbocycles. The zero-order valence-corrected chi connectivity index (χ0v) is 15.8. The molecular formula is C22H23N3O3. The third-order valence-electron chi connectivity index (χ3n) is 4.30. The number of carbonyl (C=O) groups is 1. The predicted octanol–water partition coefficient (Wildman–Crippen LogP) is 2.84. The summed E-state index contributed by atoms with van der Waals surface area (Å²) in [5.41, 5.74) is 1.26. The highest BCUT2D eigenvalue weighted by Crippen LogP contribution is 2.14. The molecule has 0 fully saturated rings. The minimum Gasteiger partial charge on any atom is -0.494 e. The van der Waals surface area contributed by atoms with Crippen molar-refractivity contribution in [2.45, 2.75) is 13.0 Å². The first-order valence-electron chi connectivity index (χ1n) is 9.19. The van der Waals surface area contributed by atoms with Gasteiger partial charge >= 0.3 is 0 Å². The molecule has 0 bridgehead atoms. The second kappa shape index (κ2) is 9.50. The molecule has 144 valence electrons. The SMILES string of the molecule is CN(CCCOc1ccccc1)C(=O)Cn1nc(-c2ccccc2)ccc1=O. The number of rotatable bonds is 8. The molecule has 6 heteroatoms. The highest BCUT2D eigenvalue weighted by atomic mass is 16.5. The van der Waals surface area contributed by atoms with Crippen LogP contribution in [-0.2, 0) is 11.3 Å². The number of carbonyl (C=O) groups excluding carboxylic acids is 1.